The number of allylic oxidation sites excluding steroid dienone is 1. The number of amides is 1. The lowest BCUT2D eigenvalue weighted by Gasteiger charge is -2.11. The normalized spacial score (nSPS) is 11.2. The van der Waals surface area contributed by atoms with Crippen LogP contribution in [0.5, 0.6) is 5.75 Å². The lowest BCUT2D eigenvalue weighted by molar-refractivity contribution is -0.116. The minimum absolute atomic E-state index is 0.0725. The maximum absolute atomic E-state index is 11.6. The van der Waals surface area contributed by atoms with E-state index in [0.717, 1.165) is 35.6 Å². The molecule has 28 heavy (non-hydrogen) atoms. The van der Waals surface area contributed by atoms with Crippen molar-refractivity contribution in [1.82, 2.24) is 14.9 Å². The summed E-state index contributed by atoms with van der Waals surface area (Å²) in [6.07, 6.45) is 4.84. The minimum atomic E-state index is -0.0725. The number of fused-ring (bicyclic) bond motifs is 1. The largest absolute Gasteiger partial charge is 0.494 e. The Morgan fingerprint density at radius 2 is 2.07 bits per heavy atom. The number of hydrogen-bond donors (Lipinski definition) is 1. The monoisotopic (exact) mass is 377 g/mol. The van der Waals surface area contributed by atoms with Gasteiger partial charge in [0, 0.05) is 19.5 Å². The molecule has 5 heteroatoms. The lowest BCUT2D eigenvalue weighted by Crippen LogP contribution is -2.24. The smallest absolute Gasteiger partial charge is 0.243 e. The van der Waals surface area contributed by atoms with Gasteiger partial charge in [-0.2, -0.15) is 0 Å². The van der Waals surface area contributed by atoms with Crippen LogP contribution in [0.1, 0.15) is 24.7 Å². The zero-order chi connectivity index (χ0) is 19.8. The Hall–Kier alpha value is -3.08. The van der Waals surface area contributed by atoms with Gasteiger partial charge in [0.1, 0.15) is 11.6 Å². The number of nitrogens with one attached hydrogen (secondary N) is 1. The van der Waals surface area contributed by atoms with Crippen LogP contribution in [0.3, 0.4) is 0 Å². The Morgan fingerprint density at radius 3 is 2.89 bits per heavy atom. The number of aryl methyl sites for hydroxylation is 2. The topological polar surface area (TPSA) is 56.2 Å². The van der Waals surface area contributed by atoms with Gasteiger partial charge in [0.15, 0.2) is 0 Å². The van der Waals surface area contributed by atoms with Crippen LogP contribution in [-0.2, 0) is 17.8 Å². The van der Waals surface area contributed by atoms with Crippen molar-refractivity contribution in [2.45, 2.75) is 33.2 Å². The quantitative estimate of drug-likeness (QED) is 0.452. The molecule has 0 atom stereocenters. The molecule has 0 aliphatic rings. The summed E-state index contributed by atoms with van der Waals surface area (Å²) < 4.78 is 8.11. The first-order chi connectivity index (χ1) is 13.7. The van der Waals surface area contributed by atoms with E-state index in [1.54, 1.807) is 6.08 Å². The molecule has 0 aliphatic carbocycles. The van der Waals surface area contributed by atoms with E-state index in [1.807, 2.05) is 43.3 Å². The Labute approximate surface area is 166 Å². The first-order valence-corrected chi connectivity index (χ1v) is 9.71. The molecule has 1 amide bonds. The van der Waals surface area contributed by atoms with Gasteiger partial charge < -0.3 is 14.6 Å². The van der Waals surface area contributed by atoms with Crippen molar-refractivity contribution >= 4 is 16.9 Å². The average molecular weight is 377 g/mol. The first kappa shape index (κ1) is 19.7. The van der Waals surface area contributed by atoms with Crippen molar-refractivity contribution < 1.29 is 9.53 Å². The molecular weight excluding hydrogens is 350 g/mol. The zero-order valence-corrected chi connectivity index (χ0v) is 16.5. The van der Waals surface area contributed by atoms with Gasteiger partial charge in [0.2, 0.25) is 5.91 Å². The molecule has 3 aromatic rings. The SMILES string of the molecule is C/C=C/C(=O)NCCc1nc2ccccc2n1CCCOc1cccc(C)c1. The van der Waals surface area contributed by atoms with E-state index in [1.165, 1.54) is 11.6 Å². The molecule has 0 aliphatic heterocycles. The Morgan fingerprint density at radius 1 is 1.21 bits per heavy atom. The highest BCUT2D eigenvalue weighted by molar-refractivity contribution is 5.87. The van der Waals surface area contributed by atoms with E-state index in [-0.39, 0.29) is 5.91 Å². The summed E-state index contributed by atoms with van der Waals surface area (Å²) >= 11 is 0. The molecule has 3 rings (SSSR count). The minimum Gasteiger partial charge on any atom is -0.494 e. The van der Waals surface area contributed by atoms with E-state index in [4.69, 9.17) is 9.72 Å². The Kier molecular flexibility index (Phi) is 6.84. The molecule has 5 nitrogen and oxygen atoms in total. The van der Waals surface area contributed by atoms with E-state index in [2.05, 4.69) is 28.9 Å². The third-order valence-corrected chi connectivity index (χ3v) is 4.48. The van der Waals surface area contributed by atoms with Crippen LogP contribution < -0.4 is 10.1 Å². The van der Waals surface area contributed by atoms with Gasteiger partial charge in [-0.15, -0.1) is 0 Å². The predicted octanol–water partition coefficient (Wildman–Crippen LogP) is 4.05. The number of rotatable bonds is 9. The maximum Gasteiger partial charge on any atom is 0.243 e. The highest BCUT2D eigenvalue weighted by Gasteiger charge is 2.10. The van der Waals surface area contributed by atoms with Gasteiger partial charge >= 0.3 is 0 Å². The van der Waals surface area contributed by atoms with Crippen molar-refractivity contribution in [3.63, 3.8) is 0 Å². The standard InChI is InChI=1S/C23H27N3O2/c1-3-8-23(27)24-14-13-22-25-20-11-4-5-12-21(20)26(22)15-7-16-28-19-10-6-9-18(2)17-19/h3-6,8-12,17H,7,13-16H2,1-2H3,(H,24,27)/b8-3+. The summed E-state index contributed by atoms with van der Waals surface area (Å²) in [4.78, 5) is 16.4. The van der Waals surface area contributed by atoms with Gasteiger partial charge in [-0.05, 0) is 56.2 Å². The van der Waals surface area contributed by atoms with E-state index in [9.17, 15) is 4.79 Å². The Balaban J connectivity index is 1.62. The van der Waals surface area contributed by atoms with Gasteiger partial charge in [-0.3, -0.25) is 4.79 Å². The van der Waals surface area contributed by atoms with Gasteiger partial charge in [-0.1, -0.05) is 30.3 Å². The first-order valence-electron chi connectivity index (χ1n) is 9.71. The van der Waals surface area contributed by atoms with Crippen LogP contribution in [0.2, 0.25) is 0 Å². The molecule has 0 bridgehead atoms. The van der Waals surface area contributed by atoms with Crippen LogP contribution in [0, 0.1) is 6.92 Å². The number of carbonyl (C=O) groups excluding carboxylic acids is 1. The molecule has 1 N–H and O–H groups in total. The van der Waals surface area contributed by atoms with E-state index < -0.39 is 0 Å². The molecule has 2 aromatic carbocycles. The van der Waals surface area contributed by atoms with Crippen molar-refractivity contribution in [1.29, 1.82) is 0 Å². The number of aromatic nitrogens is 2. The number of ether oxygens (including phenoxy) is 1. The van der Waals surface area contributed by atoms with Crippen LogP contribution >= 0.6 is 0 Å². The lowest BCUT2D eigenvalue weighted by atomic mass is 10.2. The average Bonchev–Trinajstić information content (AvgIpc) is 3.03. The molecule has 0 spiro atoms. The molecule has 0 radical (unpaired) electrons. The highest BCUT2D eigenvalue weighted by Crippen LogP contribution is 2.18. The van der Waals surface area contributed by atoms with Crippen LogP contribution in [-0.4, -0.2) is 28.6 Å². The molecular formula is C23H27N3O2. The van der Waals surface area contributed by atoms with Crippen LogP contribution in [0.25, 0.3) is 11.0 Å². The highest BCUT2D eigenvalue weighted by atomic mass is 16.5. The molecule has 0 fully saturated rings. The van der Waals surface area contributed by atoms with Crippen molar-refractivity contribution in [3.05, 3.63) is 72.1 Å². The van der Waals surface area contributed by atoms with Crippen molar-refractivity contribution in [2.24, 2.45) is 0 Å². The fourth-order valence-electron chi connectivity index (χ4n) is 3.19. The number of hydrogen-bond acceptors (Lipinski definition) is 3. The number of carbonyl (C=O) groups is 1. The van der Waals surface area contributed by atoms with Crippen LogP contribution in [0.4, 0.5) is 0 Å². The third-order valence-electron chi connectivity index (χ3n) is 4.48. The summed E-state index contributed by atoms with van der Waals surface area (Å²) in [6, 6.07) is 16.2. The maximum atomic E-state index is 11.6. The summed E-state index contributed by atoms with van der Waals surface area (Å²) in [5, 5.41) is 2.89. The predicted molar refractivity (Wildman–Crippen MR) is 113 cm³/mol. The number of para-hydroxylation sites is 2. The number of benzene rings is 2. The summed E-state index contributed by atoms with van der Waals surface area (Å²) in [5.41, 5.74) is 3.30. The number of nitrogens with zero attached hydrogens (tertiary/aromatic N) is 2. The zero-order valence-electron chi connectivity index (χ0n) is 16.5. The van der Waals surface area contributed by atoms with Gasteiger partial charge in [-0.25, -0.2) is 4.98 Å². The fraction of sp³-hybridized carbons (Fsp3) is 0.304. The molecule has 0 saturated carbocycles. The van der Waals surface area contributed by atoms with E-state index >= 15 is 0 Å². The fourth-order valence-corrected chi connectivity index (χ4v) is 3.19. The number of imidazole rings is 1. The van der Waals surface area contributed by atoms with Crippen LogP contribution in [0.15, 0.2) is 60.7 Å². The van der Waals surface area contributed by atoms with Gasteiger partial charge in [0.05, 0.1) is 17.6 Å². The van der Waals surface area contributed by atoms with Crippen molar-refractivity contribution in [3.8, 4) is 5.75 Å². The summed E-state index contributed by atoms with van der Waals surface area (Å²) in [7, 11) is 0. The molecule has 146 valence electrons. The second-order valence-electron chi connectivity index (χ2n) is 6.73. The summed E-state index contributed by atoms with van der Waals surface area (Å²) in [6.45, 7) is 5.92. The summed E-state index contributed by atoms with van der Waals surface area (Å²) in [5.74, 6) is 1.82. The molecule has 0 saturated heterocycles. The third kappa shape index (κ3) is 5.22. The molecule has 1 heterocycles. The second-order valence-corrected chi connectivity index (χ2v) is 6.73. The molecule has 1 aromatic heterocycles. The van der Waals surface area contributed by atoms with E-state index in [0.29, 0.717) is 19.6 Å². The van der Waals surface area contributed by atoms with Crippen molar-refractivity contribution in [2.75, 3.05) is 13.2 Å². The van der Waals surface area contributed by atoms with Gasteiger partial charge in [0.25, 0.3) is 0 Å². The molecule has 0 unspecified atom stereocenters. The second kappa shape index (κ2) is 9.74. The Bertz CT molecular complexity index is 959.